The van der Waals surface area contributed by atoms with Crippen molar-refractivity contribution in [3.8, 4) is 33.4 Å². The zero-order valence-corrected chi connectivity index (χ0v) is 53.4. The van der Waals surface area contributed by atoms with Crippen LogP contribution in [0, 0.1) is 17.5 Å². The summed E-state index contributed by atoms with van der Waals surface area (Å²) < 4.78 is 45.6. The second-order valence-corrected chi connectivity index (χ2v) is 30.0. The van der Waals surface area contributed by atoms with Gasteiger partial charge in [-0.05, 0) is 277 Å². The van der Waals surface area contributed by atoms with Crippen molar-refractivity contribution in [2.75, 3.05) is 14.7 Å². The Balaban J connectivity index is 0.812. The van der Waals surface area contributed by atoms with E-state index in [1.807, 2.05) is 18.2 Å². The zero-order valence-electron chi connectivity index (χ0n) is 53.4. The Bertz CT molecular complexity index is 5120. The average molecular weight is 1210 g/mol. The molecule has 6 atom stereocenters. The number of hydrogen-bond acceptors (Lipinski definition) is 3. The van der Waals surface area contributed by atoms with E-state index in [9.17, 15) is 0 Å². The van der Waals surface area contributed by atoms with Crippen LogP contribution in [-0.4, -0.2) is 16.6 Å². The molecule has 3 aliphatic carbocycles. The minimum atomic E-state index is -0.236. The molecule has 0 radical (unpaired) electrons. The van der Waals surface area contributed by atoms with Crippen molar-refractivity contribution in [3.05, 3.63) is 228 Å². The normalized spacial score (nSPS) is 25.8. The van der Waals surface area contributed by atoms with Gasteiger partial charge in [0.15, 0.2) is 0 Å². The number of hydrogen-bond donors (Lipinski definition) is 0. The molecule has 13 aromatic carbocycles. The second-order valence-electron chi connectivity index (χ2n) is 30.0. The molecular weight excluding hydrogens is 1130 g/mol. The van der Waals surface area contributed by atoms with Gasteiger partial charge < -0.3 is 14.7 Å². The molecule has 0 amide bonds. The lowest BCUT2D eigenvalue weighted by atomic mass is 9.61. The molecule has 92 heavy (non-hydrogen) atoms. The monoisotopic (exact) mass is 1210 g/mol. The van der Waals surface area contributed by atoms with Crippen LogP contribution in [0.4, 0.5) is 47.3 Å². The molecule has 3 aliphatic heterocycles. The summed E-state index contributed by atoms with van der Waals surface area (Å²) in [6.07, 6.45) is 13.2. The molecule has 6 heteroatoms. The number of nitrogens with zero attached hydrogens (tertiary/aromatic N) is 3. The maximum Gasteiger partial charge on any atom is 0.125 e. The molecule has 3 nitrogen and oxygen atoms in total. The molecule has 3 saturated carbocycles. The van der Waals surface area contributed by atoms with Crippen molar-refractivity contribution in [1.29, 1.82) is 0 Å². The Morgan fingerprint density at radius 1 is 0.272 bits per heavy atom. The zero-order chi connectivity index (χ0) is 62.2. The molecule has 3 heterocycles. The van der Waals surface area contributed by atoms with Gasteiger partial charge in [0.2, 0.25) is 0 Å². The standard InChI is InChI=1S/C86H74F3N3/c1-81-37-7-10-40-84(81,4)90(57-20-13-17-54(87)46-57)75-34-25-51(43-72(75)81)60-28-31-65-69-50-71-67-33-30-62(53-27-36-77-74(45-53)83(3)39-9-12-42-86(83,6)92(77)59-22-15-19-56(89)48-59)79-61(29-32-66(80(67)79)70(71)49-68(69)64-24-16-23-63(60)78(64)65)52-26-35-76-73(44-52)82(2)38-8-11-41-85(82,5)91(76)58-21-14-18-55(88)47-58/h13-36,43-50H,7-12,37-42H2,1-6H3. The molecular formula is C86H74F3N3. The van der Waals surface area contributed by atoms with Gasteiger partial charge >= 0.3 is 0 Å². The lowest BCUT2D eigenvalue weighted by Gasteiger charge is -2.50. The highest BCUT2D eigenvalue weighted by atomic mass is 19.1. The van der Waals surface area contributed by atoms with Crippen LogP contribution >= 0.6 is 0 Å². The van der Waals surface area contributed by atoms with Gasteiger partial charge in [-0.25, -0.2) is 13.2 Å². The average Bonchev–Trinajstić information content (AvgIpc) is 1.55. The Kier molecular flexibility index (Phi) is 11.1. The fourth-order valence-corrected chi connectivity index (χ4v) is 20.8. The minimum absolute atomic E-state index is 0.108. The lowest BCUT2D eigenvalue weighted by Crippen LogP contribution is -2.54. The maximum atomic E-state index is 15.3. The fraction of sp³-hybridized carbons (Fsp3) is 0.279. The number of benzene rings is 11. The predicted molar refractivity (Wildman–Crippen MR) is 378 cm³/mol. The van der Waals surface area contributed by atoms with E-state index in [4.69, 9.17) is 0 Å². The van der Waals surface area contributed by atoms with Gasteiger partial charge in [0.05, 0.1) is 16.6 Å². The van der Waals surface area contributed by atoms with Crippen molar-refractivity contribution in [2.45, 2.75) is 151 Å². The van der Waals surface area contributed by atoms with Gasteiger partial charge in [-0.1, -0.05) is 150 Å². The van der Waals surface area contributed by atoms with E-state index in [1.165, 1.54) is 138 Å². The first-order valence-electron chi connectivity index (χ1n) is 34.0. The molecule has 454 valence electrons. The summed E-state index contributed by atoms with van der Waals surface area (Å²) in [5.74, 6) is -0.627. The Morgan fingerprint density at radius 2 is 0.598 bits per heavy atom. The molecule has 6 aliphatic rings. The summed E-state index contributed by atoms with van der Waals surface area (Å²) in [5, 5.41) is 15.2. The summed E-state index contributed by atoms with van der Waals surface area (Å²) in [6.45, 7) is 14.7. The van der Waals surface area contributed by atoms with E-state index < -0.39 is 0 Å². The first-order chi connectivity index (χ1) is 44.5. The van der Waals surface area contributed by atoms with Crippen LogP contribution in [0.3, 0.4) is 0 Å². The van der Waals surface area contributed by atoms with Crippen molar-refractivity contribution >= 4 is 98.8 Å². The number of rotatable bonds is 6. The first-order valence-corrected chi connectivity index (χ1v) is 34.0. The van der Waals surface area contributed by atoms with Crippen LogP contribution in [0.5, 0.6) is 0 Å². The highest BCUT2D eigenvalue weighted by Gasteiger charge is 2.60. The Morgan fingerprint density at radius 3 is 0.989 bits per heavy atom. The largest absolute Gasteiger partial charge is 0.334 e. The fourth-order valence-electron chi connectivity index (χ4n) is 20.8. The molecule has 0 spiro atoms. The molecule has 13 aromatic rings. The molecule has 0 N–H and O–H groups in total. The SMILES string of the molecule is CC12CCCCC1(C)N(c1cccc(F)c1)c1ccc(-c3ccc4c5cc6c(cc5c5cccc3c54)c3ccc(-c4ccc5c(c4)C4(C)CCCCC4(C)N5c4cccc(F)c4)c4c(-c5ccc7c(c5)C5(C)CCCCC5(C)N7c5cccc(F)c5)ccc6c43)cc12. The highest BCUT2D eigenvalue weighted by molar-refractivity contribution is 6.39. The number of anilines is 6. The summed E-state index contributed by atoms with van der Waals surface area (Å²) in [4.78, 5) is 7.41. The third-order valence-electron chi connectivity index (χ3n) is 26.0. The molecule has 19 rings (SSSR count). The van der Waals surface area contributed by atoms with Crippen molar-refractivity contribution < 1.29 is 13.2 Å². The van der Waals surface area contributed by atoms with Gasteiger partial charge in [0.25, 0.3) is 0 Å². The lowest BCUT2D eigenvalue weighted by molar-refractivity contribution is 0.195. The van der Waals surface area contributed by atoms with Crippen LogP contribution in [0.1, 0.15) is 135 Å². The molecule has 6 unspecified atom stereocenters. The summed E-state index contributed by atoms with van der Waals surface area (Å²) in [7, 11) is 0. The summed E-state index contributed by atoms with van der Waals surface area (Å²) >= 11 is 0. The van der Waals surface area contributed by atoms with Crippen LogP contribution in [0.2, 0.25) is 0 Å². The number of halogens is 3. The van der Waals surface area contributed by atoms with E-state index in [0.717, 1.165) is 87.7 Å². The quantitative estimate of drug-likeness (QED) is 0.164. The molecule has 0 bridgehead atoms. The smallest absolute Gasteiger partial charge is 0.125 e. The Labute approximate surface area is 536 Å². The first kappa shape index (κ1) is 54.8. The molecule has 0 aromatic heterocycles. The van der Waals surface area contributed by atoms with E-state index in [0.29, 0.717) is 0 Å². The van der Waals surface area contributed by atoms with Crippen LogP contribution in [0.25, 0.3) is 98.0 Å². The van der Waals surface area contributed by atoms with E-state index in [1.54, 1.807) is 36.4 Å². The minimum Gasteiger partial charge on any atom is -0.334 e. The predicted octanol–water partition coefficient (Wildman–Crippen LogP) is 24.1. The van der Waals surface area contributed by atoms with Gasteiger partial charge in [0, 0.05) is 50.4 Å². The maximum absolute atomic E-state index is 15.3. The van der Waals surface area contributed by atoms with Crippen molar-refractivity contribution in [3.63, 3.8) is 0 Å². The number of fused-ring (bicyclic) bond motifs is 15. The molecule has 0 saturated heterocycles. The van der Waals surface area contributed by atoms with Crippen molar-refractivity contribution in [1.82, 2.24) is 0 Å². The van der Waals surface area contributed by atoms with Gasteiger partial charge in [-0.15, -0.1) is 0 Å². The van der Waals surface area contributed by atoms with E-state index >= 15 is 13.2 Å². The van der Waals surface area contributed by atoms with Crippen LogP contribution in [0.15, 0.2) is 194 Å². The van der Waals surface area contributed by atoms with Gasteiger partial charge in [0.1, 0.15) is 17.5 Å². The van der Waals surface area contributed by atoms with Crippen molar-refractivity contribution in [2.24, 2.45) is 0 Å². The van der Waals surface area contributed by atoms with Crippen LogP contribution < -0.4 is 14.7 Å². The Hall–Kier alpha value is -8.87. The second kappa shape index (κ2) is 18.7. The third kappa shape index (κ3) is 6.88. The van der Waals surface area contributed by atoms with Gasteiger partial charge in [-0.2, -0.15) is 0 Å². The topological polar surface area (TPSA) is 9.72 Å². The highest BCUT2D eigenvalue weighted by Crippen LogP contribution is 2.65. The van der Waals surface area contributed by atoms with Gasteiger partial charge in [-0.3, -0.25) is 0 Å². The summed E-state index contributed by atoms with van der Waals surface area (Å²) in [5.41, 5.74) is 16.5. The van der Waals surface area contributed by atoms with E-state index in [-0.39, 0.29) is 50.3 Å². The van der Waals surface area contributed by atoms with E-state index in [2.05, 4.69) is 196 Å². The third-order valence-corrected chi connectivity index (χ3v) is 26.0. The van der Waals surface area contributed by atoms with Crippen LogP contribution in [-0.2, 0) is 16.2 Å². The molecule has 3 fully saturated rings. The summed E-state index contributed by atoms with van der Waals surface area (Å²) in [6, 6.07) is 69.5.